The molecule has 0 aromatic carbocycles. The lowest BCUT2D eigenvalue weighted by Crippen LogP contribution is -2.51. The zero-order valence-corrected chi connectivity index (χ0v) is 16.5. The lowest BCUT2D eigenvalue weighted by atomic mass is 10.00. The number of ether oxygens (including phenoxy) is 3. The van der Waals surface area contributed by atoms with Gasteiger partial charge >= 0.3 is 17.9 Å². The quantitative estimate of drug-likeness (QED) is 0.177. The number of unbranched alkanes of at least 4 members (excludes halogenated alkanes) is 6. The van der Waals surface area contributed by atoms with Gasteiger partial charge in [0.15, 0.2) is 0 Å². The number of hydrogen-bond acceptors (Lipinski definition) is 8. The molecular formula is C19H34O8. The van der Waals surface area contributed by atoms with Gasteiger partial charge in [-0.25, -0.2) is 9.59 Å². The van der Waals surface area contributed by atoms with Gasteiger partial charge in [0.2, 0.25) is 0 Å². The van der Waals surface area contributed by atoms with Crippen LogP contribution in [0.5, 0.6) is 0 Å². The molecule has 0 aliphatic carbocycles. The predicted molar refractivity (Wildman–Crippen MR) is 97.8 cm³/mol. The fraction of sp³-hybridized carbons (Fsp3) is 0.842. The van der Waals surface area contributed by atoms with Gasteiger partial charge in [0.05, 0.1) is 26.2 Å². The van der Waals surface area contributed by atoms with E-state index in [1.54, 1.807) is 0 Å². The maximum absolute atomic E-state index is 12.2. The Kier molecular flexibility index (Phi) is 14.4. The predicted octanol–water partition coefficient (Wildman–Crippen LogP) is 1.89. The first-order valence-corrected chi connectivity index (χ1v) is 9.75. The van der Waals surface area contributed by atoms with Crippen molar-refractivity contribution < 1.29 is 38.8 Å². The fourth-order valence-corrected chi connectivity index (χ4v) is 2.27. The third-order valence-electron chi connectivity index (χ3n) is 3.89. The number of rotatable bonds is 16. The molecule has 1 unspecified atom stereocenters. The van der Waals surface area contributed by atoms with Crippen molar-refractivity contribution in [3.8, 4) is 0 Å². The molecule has 0 saturated carbocycles. The Labute approximate surface area is 161 Å². The first kappa shape index (κ1) is 25.3. The Bertz CT molecular complexity index is 437. The average molecular weight is 390 g/mol. The SMILES string of the molecule is CCCCCCOC(=O)CC(O)(C(=O)OCCO)C(=O)OCCCCCC. The minimum Gasteiger partial charge on any atom is -0.466 e. The van der Waals surface area contributed by atoms with Gasteiger partial charge in [0, 0.05) is 0 Å². The second-order valence-corrected chi connectivity index (χ2v) is 6.37. The molecule has 0 radical (unpaired) electrons. The summed E-state index contributed by atoms with van der Waals surface area (Å²) in [6, 6.07) is 0. The van der Waals surface area contributed by atoms with Crippen molar-refractivity contribution >= 4 is 17.9 Å². The van der Waals surface area contributed by atoms with Crippen molar-refractivity contribution in [2.24, 2.45) is 0 Å². The van der Waals surface area contributed by atoms with Crippen LogP contribution in [-0.4, -0.2) is 60.1 Å². The zero-order valence-electron chi connectivity index (χ0n) is 16.5. The van der Waals surface area contributed by atoms with E-state index in [9.17, 15) is 19.5 Å². The highest BCUT2D eigenvalue weighted by Gasteiger charge is 2.49. The van der Waals surface area contributed by atoms with Crippen LogP contribution in [0.3, 0.4) is 0 Å². The molecular weight excluding hydrogens is 356 g/mol. The van der Waals surface area contributed by atoms with Gasteiger partial charge in [-0.15, -0.1) is 0 Å². The molecule has 2 N–H and O–H groups in total. The minimum absolute atomic E-state index is 0.0283. The Morgan fingerprint density at radius 2 is 1.22 bits per heavy atom. The highest BCUT2D eigenvalue weighted by Crippen LogP contribution is 2.17. The molecule has 8 heteroatoms. The van der Waals surface area contributed by atoms with Crippen LogP contribution in [0.4, 0.5) is 0 Å². The summed E-state index contributed by atoms with van der Waals surface area (Å²) in [6.45, 7) is 3.38. The van der Waals surface area contributed by atoms with Gasteiger partial charge in [-0.2, -0.15) is 0 Å². The second-order valence-electron chi connectivity index (χ2n) is 6.37. The summed E-state index contributed by atoms with van der Waals surface area (Å²) in [5, 5.41) is 19.2. The molecule has 1 atom stereocenters. The normalized spacial score (nSPS) is 12.9. The first-order chi connectivity index (χ1) is 12.9. The molecule has 0 aromatic heterocycles. The van der Waals surface area contributed by atoms with Crippen LogP contribution < -0.4 is 0 Å². The third kappa shape index (κ3) is 10.9. The van der Waals surface area contributed by atoms with E-state index in [-0.39, 0.29) is 13.2 Å². The van der Waals surface area contributed by atoms with Crippen LogP contribution in [0.1, 0.15) is 71.6 Å². The smallest absolute Gasteiger partial charge is 0.350 e. The van der Waals surface area contributed by atoms with Crippen molar-refractivity contribution in [2.45, 2.75) is 77.2 Å². The highest BCUT2D eigenvalue weighted by atomic mass is 16.6. The molecule has 0 amide bonds. The molecule has 8 nitrogen and oxygen atoms in total. The van der Waals surface area contributed by atoms with Crippen molar-refractivity contribution in [1.82, 2.24) is 0 Å². The Hall–Kier alpha value is -1.67. The minimum atomic E-state index is -2.78. The number of esters is 3. The van der Waals surface area contributed by atoms with Crippen LogP contribution in [0, 0.1) is 0 Å². The van der Waals surface area contributed by atoms with Crippen LogP contribution in [-0.2, 0) is 28.6 Å². The van der Waals surface area contributed by atoms with Gasteiger partial charge in [0.25, 0.3) is 5.60 Å². The van der Waals surface area contributed by atoms with E-state index >= 15 is 0 Å². The van der Waals surface area contributed by atoms with E-state index in [0.717, 1.165) is 38.5 Å². The van der Waals surface area contributed by atoms with E-state index < -0.39 is 43.1 Å². The largest absolute Gasteiger partial charge is 0.466 e. The molecule has 0 heterocycles. The summed E-state index contributed by atoms with van der Waals surface area (Å²) in [4.78, 5) is 36.2. The van der Waals surface area contributed by atoms with Crippen molar-refractivity contribution in [3.05, 3.63) is 0 Å². The van der Waals surface area contributed by atoms with E-state index in [1.807, 2.05) is 6.92 Å². The monoisotopic (exact) mass is 390 g/mol. The maximum atomic E-state index is 12.2. The highest BCUT2D eigenvalue weighted by molar-refractivity contribution is 6.06. The molecule has 0 spiro atoms. The first-order valence-electron chi connectivity index (χ1n) is 9.75. The topological polar surface area (TPSA) is 119 Å². The molecule has 0 saturated heterocycles. The average Bonchev–Trinajstić information content (AvgIpc) is 2.65. The van der Waals surface area contributed by atoms with Crippen molar-refractivity contribution in [3.63, 3.8) is 0 Å². The van der Waals surface area contributed by atoms with Crippen LogP contribution in [0.2, 0.25) is 0 Å². The van der Waals surface area contributed by atoms with Crippen LogP contribution >= 0.6 is 0 Å². The molecule has 0 bridgehead atoms. The van der Waals surface area contributed by atoms with E-state index in [4.69, 9.17) is 14.6 Å². The summed E-state index contributed by atoms with van der Waals surface area (Å²) in [5.41, 5.74) is -2.78. The molecule has 27 heavy (non-hydrogen) atoms. The van der Waals surface area contributed by atoms with Crippen LogP contribution in [0.25, 0.3) is 0 Å². The van der Waals surface area contributed by atoms with Gasteiger partial charge in [-0.1, -0.05) is 52.4 Å². The maximum Gasteiger partial charge on any atom is 0.350 e. The summed E-state index contributed by atoms with van der Waals surface area (Å²) >= 11 is 0. The Balaban J connectivity index is 4.70. The van der Waals surface area contributed by atoms with Gasteiger partial charge in [0.1, 0.15) is 6.61 Å². The second kappa shape index (κ2) is 15.4. The molecule has 0 rings (SSSR count). The van der Waals surface area contributed by atoms with Crippen molar-refractivity contribution in [1.29, 1.82) is 0 Å². The molecule has 0 fully saturated rings. The van der Waals surface area contributed by atoms with Crippen LogP contribution in [0.15, 0.2) is 0 Å². The molecule has 0 aliphatic rings. The Morgan fingerprint density at radius 1 is 0.741 bits per heavy atom. The number of hydrogen-bond donors (Lipinski definition) is 2. The van der Waals surface area contributed by atoms with Crippen molar-refractivity contribution in [2.75, 3.05) is 26.4 Å². The third-order valence-corrected chi connectivity index (χ3v) is 3.89. The van der Waals surface area contributed by atoms with Gasteiger partial charge < -0.3 is 24.4 Å². The number of carbonyl (C=O) groups excluding carboxylic acids is 3. The molecule has 0 aromatic rings. The summed E-state index contributed by atoms with van der Waals surface area (Å²) < 4.78 is 14.6. The zero-order chi connectivity index (χ0) is 20.5. The number of aliphatic hydroxyl groups excluding tert-OH is 1. The fourth-order valence-electron chi connectivity index (χ4n) is 2.27. The van der Waals surface area contributed by atoms with Gasteiger partial charge in [-0.05, 0) is 12.8 Å². The molecule has 158 valence electrons. The molecule has 0 aliphatic heterocycles. The van der Waals surface area contributed by atoms with E-state index in [1.165, 1.54) is 0 Å². The Morgan fingerprint density at radius 3 is 1.70 bits per heavy atom. The standard InChI is InChI=1S/C19H34O8/c1-3-5-7-9-12-25-16(21)15-19(24,18(23)27-14-11-20)17(22)26-13-10-8-6-4-2/h20,24H,3-15H2,1-2H3. The lowest BCUT2D eigenvalue weighted by molar-refractivity contribution is -0.189. The summed E-state index contributed by atoms with van der Waals surface area (Å²) in [5.74, 6) is -3.47. The number of carbonyl (C=O) groups is 3. The summed E-state index contributed by atoms with van der Waals surface area (Å²) in [7, 11) is 0. The summed E-state index contributed by atoms with van der Waals surface area (Å²) in [6.07, 6.45) is 6.13. The number of aliphatic hydroxyl groups is 2. The van der Waals surface area contributed by atoms with E-state index in [2.05, 4.69) is 11.7 Å². The lowest BCUT2D eigenvalue weighted by Gasteiger charge is -2.23. The van der Waals surface area contributed by atoms with E-state index in [0.29, 0.717) is 12.8 Å². The van der Waals surface area contributed by atoms with Gasteiger partial charge in [-0.3, -0.25) is 4.79 Å².